The van der Waals surface area contributed by atoms with Gasteiger partial charge in [0.15, 0.2) is 0 Å². The molecule has 0 radical (unpaired) electrons. The lowest BCUT2D eigenvalue weighted by Gasteiger charge is -2.26. The maximum Gasteiger partial charge on any atom is 0.0615 e. The van der Waals surface area contributed by atoms with Crippen LogP contribution in [0.3, 0.4) is 0 Å². The second-order valence-corrected chi connectivity index (χ2v) is 13.6. The van der Waals surface area contributed by atoms with Crippen LogP contribution < -0.4 is 10.6 Å². The number of benzene rings is 3. The van der Waals surface area contributed by atoms with Crippen LogP contribution in [0.15, 0.2) is 91.0 Å². The van der Waals surface area contributed by atoms with Crippen LogP contribution in [0, 0.1) is 0 Å². The van der Waals surface area contributed by atoms with Crippen molar-refractivity contribution in [1.82, 2.24) is 0 Å². The fraction of sp³-hybridized carbons (Fsp3) is 0.143. The summed E-state index contributed by atoms with van der Waals surface area (Å²) in [5.41, 5.74) is 1.38. The van der Waals surface area contributed by atoms with Crippen molar-refractivity contribution in [3.05, 3.63) is 96.6 Å². The second kappa shape index (κ2) is 8.16. The summed E-state index contributed by atoms with van der Waals surface area (Å²) in [5.74, 6) is 0. The Hall–Kier alpha value is -1.34. The third-order valence-electron chi connectivity index (χ3n) is 3.89. The molecule has 0 aromatic heterocycles. The minimum atomic E-state index is -1.87. The molecule has 0 aliphatic carbocycles. The van der Waals surface area contributed by atoms with Gasteiger partial charge in [0.2, 0.25) is 0 Å². The molecule has 122 valence electrons. The van der Waals surface area contributed by atoms with E-state index in [0.29, 0.717) is 5.25 Å². The predicted octanol–water partition coefficient (Wildman–Crippen LogP) is 5.40. The van der Waals surface area contributed by atoms with Crippen LogP contribution in [0.2, 0.25) is 0 Å². The highest BCUT2D eigenvalue weighted by molar-refractivity contribution is 8.75. The third-order valence-corrected chi connectivity index (χ3v) is 11.9. The number of hydrogen-bond acceptors (Lipinski definition) is 2. The Morgan fingerprint density at radius 1 is 0.750 bits per heavy atom. The van der Waals surface area contributed by atoms with Crippen LogP contribution >= 0.6 is 16.6 Å². The van der Waals surface area contributed by atoms with E-state index >= 15 is 0 Å². The normalized spacial score (nSPS) is 12.7. The molecule has 0 aliphatic rings. The van der Waals surface area contributed by atoms with Gasteiger partial charge in [0.1, 0.15) is 0 Å². The van der Waals surface area contributed by atoms with Gasteiger partial charge in [0, 0.05) is 5.25 Å². The van der Waals surface area contributed by atoms with Crippen LogP contribution in [-0.2, 0) is 18.2 Å². The molecule has 0 N–H and O–H groups in total. The Labute approximate surface area is 154 Å². The minimum Gasteiger partial charge on any atom is -0.112 e. The van der Waals surface area contributed by atoms with E-state index in [0.717, 1.165) is 6.42 Å². The summed E-state index contributed by atoms with van der Waals surface area (Å²) in [6.45, 7) is 2.30. The first-order valence-corrected chi connectivity index (χ1v) is 12.4. The van der Waals surface area contributed by atoms with E-state index in [1.165, 1.54) is 16.2 Å². The standard InChI is InChI=1S/C21H21PS2/c1-18(17-19-11-5-2-6-12-19)24-22(23,20-13-7-3-8-14-20)21-15-9-4-10-16-21/h2-16,18H,17H2,1H3. The van der Waals surface area contributed by atoms with Crippen molar-refractivity contribution in [2.24, 2.45) is 0 Å². The first-order chi connectivity index (χ1) is 11.7. The molecule has 1 atom stereocenters. The van der Waals surface area contributed by atoms with E-state index in [2.05, 4.69) is 97.9 Å². The third kappa shape index (κ3) is 4.19. The van der Waals surface area contributed by atoms with Crippen molar-refractivity contribution in [1.29, 1.82) is 0 Å². The first kappa shape index (κ1) is 17.5. The van der Waals surface area contributed by atoms with Crippen LogP contribution in [0.5, 0.6) is 0 Å². The molecule has 0 amide bonds. The molecule has 0 spiro atoms. The zero-order valence-electron chi connectivity index (χ0n) is 13.7. The SMILES string of the molecule is CC(Cc1ccccc1)SP(=S)(c1ccccc1)c1ccccc1. The van der Waals surface area contributed by atoms with Crippen molar-refractivity contribution in [2.75, 3.05) is 0 Å². The van der Waals surface area contributed by atoms with Gasteiger partial charge in [-0.05, 0) is 22.6 Å². The quantitative estimate of drug-likeness (QED) is 0.535. The summed E-state index contributed by atoms with van der Waals surface area (Å²) in [5, 5.41) is 1.18. The maximum atomic E-state index is 6.30. The average molecular weight is 369 g/mol. The molecule has 3 heteroatoms. The fourth-order valence-electron chi connectivity index (χ4n) is 2.76. The van der Waals surface area contributed by atoms with E-state index in [1.807, 2.05) is 11.4 Å². The largest absolute Gasteiger partial charge is 0.112 e. The molecule has 0 saturated heterocycles. The summed E-state index contributed by atoms with van der Waals surface area (Å²) in [4.78, 5) is 0. The highest BCUT2D eigenvalue weighted by Gasteiger charge is 2.25. The zero-order valence-corrected chi connectivity index (χ0v) is 16.2. The van der Waals surface area contributed by atoms with Crippen molar-refractivity contribution in [2.45, 2.75) is 18.6 Å². The molecule has 1 unspecified atom stereocenters. The van der Waals surface area contributed by atoms with E-state index in [1.54, 1.807) is 0 Å². The van der Waals surface area contributed by atoms with Crippen LogP contribution in [0.25, 0.3) is 0 Å². The van der Waals surface area contributed by atoms with Crippen LogP contribution in [0.4, 0.5) is 0 Å². The molecule has 0 nitrogen and oxygen atoms in total. The lowest BCUT2D eigenvalue weighted by molar-refractivity contribution is 0.949. The molecule has 0 aliphatic heterocycles. The smallest absolute Gasteiger partial charge is 0.0615 e. The fourth-order valence-corrected chi connectivity index (χ4v) is 10.5. The molecule has 3 aromatic rings. The Morgan fingerprint density at radius 3 is 1.62 bits per heavy atom. The van der Waals surface area contributed by atoms with Crippen LogP contribution in [0.1, 0.15) is 12.5 Å². The van der Waals surface area contributed by atoms with E-state index in [9.17, 15) is 0 Å². The molecular weight excluding hydrogens is 347 g/mol. The predicted molar refractivity (Wildman–Crippen MR) is 114 cm³/mol. The Bertz CT molecular complexity index is 758. The van der Waals surface area contributed by atoms with E-state index < -0.39 is 5.24 Å². The molecular formula is C21H21PS2. The summed E-state index contributed by atoms with van der Waals surface area (Å²) >= 11 is 8.28. The number of rotatable bonds is 6. The van der Waals surface area contributed by atoms with Gasteiger partial charge in [-0.2, -0.15) is 0 Å². The highest BCUT2D eigenvalue weighted by atomic mass is 32.9. The van der Waals surface area contributed by atoms with E-state index in [4.69, 9.17) is 11.8 Å². The van der Waals surface area contributed by atoms with Gasteiger partial charge in [0.25, 0.3) is 0 Å². The molecule has 0 heterocycles. The van der Waals surface area contributed by atoms with Gasteiger partial charge in [-0.25, -0.2) is 0 Å². The van der Waals surface area contributed by atoms with Crippen molar-refractivity contribution in [3.63, 3.8) is 0 Å². The lowest BCUT2D eigenvalue weighted by Crippen LogP contribution is -2.16. The van der Waals surface area contributed by atoms with Gasteiger partial charge < -0.3 is 0 Å². The lowest BCUT2D eigenvalue weighted by atomic mass is 10.1. The van der Waals surface area contributed by atoms with Crippen molar-refractivity contribution in [3.8, 4) is 0 Å². The van der Waals surface area contributed by atoms with Crippen LogP contribution in [-0.4, -0.2) is 5.25 Å². The monoisotopic (exact) mass is 368 g/mol. The second-order valence-electron chi connectivity index (χ2n) is 5.83. The topological polar surface area (TPSA) is 0 Å². The van der Waals surface area contributed by atoms with Gasteiger partial charge in [-0.1, -0.05) is 110 Å². The Morgan fingerprint density at radius 2 is 1.17 bits per heavy atom. The summed E-state index contributed by atoms with van der Waals surface area (Å²) in [6, 6.07) is 32.0. The average Bonchev–Trinajstić information content (AvgIpc) is 2.64. The molecule has 0 bridgehead atoms. The summed E-state index contributed by atoms with van der Waals surface area (Å²) in [7, 11) is 0. The van der Waals surface area contributed by atoms with Crippen molar-refractivity contribution >= 4 is 39.0 Å². The Balaban J connectivity index is 1.90. The maximum absolute atomic E-state index is 6.30. The van der Waals surface area contributed by atoms with Gasteiger partial charge >= 0.3 is 0 Å². The summed E-state index contributed by atoms with van der Waals surface area (Å²) < 4.78 is 0. The highest BCUT2D eigenvalue weighted by Crippen LogP contribution is 2.58. The number of hydrogen-bond donors (Lipinski definition) is 0. The van der Waals surface area contributed by atoms with Gasteiger partial charge in [-0.15, -0.1) is 11.4 Å². The molecule has 0 fully saturated rings. The molecule has 0 saturated carbocycles. The Kier molecular flexibility index (Phi) is 5.94. The minimum absolute atomic E-state index is 0.471. The molecule has 24 heavy (non-hydrogen) atoms. The summed E-state index contributed by atoms with van der Waals surface area (Å²) in [6.07, 6.45) is 1.05. The molecule has 3 aromatic carbocycles. The first-order valence-electron chi connectivity index (χ1n) is 8.12. The van der Waals surface area contributed by atoms with Crippen molar-refractivity contribution < 1.29 is 0 Å². The molecule has 3 rings (SSSR count). The van der Waals surface area contributed by atoms with Gasteiger partial charge in [-0.3, -0.25) is 0 Å². The zero-order chi connectivity index (χ0) is 16.8. The van der Waals surface area contributed by atoms with Gasteiger partial charge in [0.05, 0.1) is 5.24 Å². The van der Waals surface area contributed by atoms with E-state index in [-0.39, 0.29) is 0 Å².